The summed E-state index contributed by atoms with van der Waals surface area (Å²) in [4.78, 5) is 1.17. The zero-order valence-corrected chi connectivity index (χ0v) is 11.5. The highest BCUT2D eigenvalue weighted by Crippen LogP contribution is 2.47. The van der Waals surface area contributed by atoms with E-state index in [2.05, 4.69) is 31.9 Å². The van der Waals surface area contributed by atoms with Crippen molar-refractivity contribution in [2.45, 2.75) is 4.90 Å². The van der Waals surface area contributed by atoms with Crippen molar-refractivity contribution in [2.75, 3.05) is 33.0 Å². The van der Waals surface area contributed by atoms with E-state index in [9.17, 15) is 0 Å². The fourth-order valence-corrected chi connectivity index (χ4v) is 3.32. The summed E-state index contributed by atoms with van der Waals surface area (Å²) in [6, 6.07) is 1.89. The molecular formula is C13H20O2S. The molecule has 3 heteroatoms. The van der Waals surface area contributed by atoms with Gasteiger partial charge in [-0.05, 0) is 24.0 Å². The van der Waals surface area contributed by atoms with Crippen LogP contribution in [0, 0.1) is 0 Å². The molecule has 0 N–H and O–H groups in total. The number of benzene rings is 1. The highest BCUT2D eigenvalue weighted by atomic mass is 32.3. The number of ether oxygens (including phenoxy) is 2. The van der Waals surface area contributed by atoms with E-state index in [0.29, 0.717) is 0 Å². The van der Waals surface area contributed by atoms with Crippen LogP contribution in [0.1, 0.15) is 0 Å². The molecule has 0 aliphatic rings. The number of rotatable bonds is 3. The SMILES string of the molecule is C=c1c(OC)cc(OC)c(S(C)(C)C)c1=C. The summed E-state index contributed by atoms with van der Waals surface area (Å²) >= 11 is 0. The predicted molar refractivity (Wildman–Crippen MR) is 73.5 cm³/mol. The van der Waals surface area contributed by atoms with Crippen molar-refractivity contribution in [2.24, 2.45) is 0 Å². The Morgan fingerprint density at radius 1 is 0.938 bits per heavy atom. The second-order valence-electron chi connectivity index (χ2n) is 4.40. The number of hydrogen-bond acceptors (Lipinski definition) is 2. The predicted octanol–water partition coefficient (Wildman–Crippen LogP) is 1.58. The van der Waals surface area contributed by atoms with Crippen molar-refractivity contribution >= 4 is 23.2 Å². The molecule has 1 aromatic rings. The van der Waals surface area contributed by atoms with Crippen LogP contribution in [0.3, 0.4) is 0 Å². The van der Waals surface area contributed by atoms with Gasteiger partial charge < -0.3 is 9.47 Å². The molecule has 0 bridgehead atoms. The summed E-state index contributed by atoms with van der Waals surface area (Å²) in [5.41, 5.74) is 0. The van der Waals surface area contributed by atoms with Crippen LogP contribution in [0.5, 0.6) is 11.5 Å². The van der Waals surface area contributed by atoms with Crippen molar-refractivity contribution in [3.05, 3.63) is 16.5 Å². The highest BCUT2D eigenvalue weighted by molar-refractivity contribution is 8.32. The Morgan fingerprint density at radius 3 is 1.81 bits per heavy atom. The molecule has 0 unspecified atom stereocenters. The average molecular weight is 240 g/mol. The third-order valence-corrected chi connectivity index (χ3v) is 4.15. The second-order valence-corrected chi connectivity index (χ2v) is 8.49. The molecule has 1 aromatic carbocycles. The molecule has 0 saturated carbocycles. The van der Waals surface area contributed by atoms with Crippen LogP contribution in [0.2, 0.25) is 0 Å². The van der Waals surface area contributed by atoms with Gasteiger partial charge in [-0.1, -0.05) is 13.2 Å². The van der Waals surface area contributed by atoms with Gasteiger partial charge in [0.1, 0.15) is 11.5 Å². The standard InChI is InChI=1S/C13H20O2S/c1-9-10(2)13(16(5,6)7)12(15-4)8-11(9)14-3/h8H,1-2H2,3-7H3. The molecule has 0 radical (unpaired) electrons. The van der Waals surface area contributed by atoms with E-state index in [0.717, 1.165) is 21.9 Å². The van der Waals surface area contributed by atoms with Crippen LogP contribution in [-0.4, -0.2) is 33.0 Å². The summed E-state index contributed by atoms with van der Waals surface area (Å²) < 4.78 is 10.7. The van der Waals surface area contributed by atoms with Crippen LogP contribution in [0.25, 0.3) is 13.2 Å². The summed E-state index contributed by atoms with van der Waals surface area (Å²) in [6.07, 6.45) is 6.64. The summed E-state index contributed by atoms with van der Waals surface area (Å²) in [6.45, 7) is 8.11. The van der Waals surface area contributed by atoms with E-state index in [4.69, 9.17) is 9.47 Å². The first-order chi connectivity index (χ1) is 7.32. The lowest BCUT2D eigenvalue weighted by Gasteiger charge is -2.28. The van der Waals surface area contributed by atoms with Crippen molar-refractivity contribution in [1.82, 2.24) is 0 Å². The van der Waals surface area contributed by atoms with Gasteiger partial charge in [-0.3, -0.25) is 0 Å². The molecule has 0 atom stereocenters. The molecular weight excluding hydrogens is 220 g/mol. The molecule has 0 saturated heterocycles. The Morgan fingerprint density at radius 2 is 1.44 bits per heavy atom. The van der Waals surface area contributed by atoms with Gasteiger partial charge >= 0.3 is 0 Å². The lowest BCUT2D eigenvalue weighted by atomic mass is 10.2. The van der Waals surface area contributed by atoms with Gasteiger partial charge in [0.05, 0.1) is 14.2 Å². The molecule has 0 aliphatic heterocycles. The van der Waals surface area contributed by atoms with Gasteiger partial charge in [0.2, 0.25) is 0 Å². The topological polar surface area (TPSA) is 18.5 Å². The Kier molecular flexibility index (Phi) is 3.58. The normalized spacial score (nSPS) is 12.3. The van der Waals surface area contributed by atoms with Crippen LogP contribution >= 0.6 is 10.0 Å². The molecule has 90 valence electrons. The molecule has 0 aromatic heterocycles. The summed E-state index contributed by atoms with van der Waals surface area (Å²) in [5, 5.41) is 1.78. The third kappa shape index (κ3) is 2.19. The minimum atomic E-state index is -0.907. The van der Waals surface area contributed by atoms with Gasteiger partial charge in [0.15, 0.2) is 0 Å². The smallest absolute Gasteiger partial charge is 0.135 e. The Balaban J connectivity index is 3.69. The fourth-order valence-electron chi connectivity index (χ4n) is 1.71. The first kappa shape index (κ1) is 13.0. The van der Waals surface area contributed by atoms with Crippen LogP contribution in [0.15, 0.2) is 11.0 Å². The van der Waals surface area contributed by atoms with Crippen molar-refractivity contribution in [3.8, 4) is 11.5 Å². The van der Waals surface area contributed by atoms with E-state index in [1.165, 1.54) is 4.90 Å². The Labute approximate surface area is 98.9 Å². The lowest BCUT2D eigenvalue weighted by Crippen LogP contribution is -2.28. The number of hydrogen-bond donors (Lipinski definition) is 0. The van der Waals surface area contributed by atoms with E-state index in [1.807, 2.05) is 6.07 Å². The number of methoxy groups -OCH3 is 2. The van der Waals surface area contributed by atoms with Gasteiger partial charge in [-0.2, -0.15) is 0 Å². The second kappa shape index (κ2) is 4.42. The zero-order valence-electron chi connectivity index (χ0n) is 10.7. The van der Waals surface area contributed by atoms with Crippen LogP contribution < -0.4 is 19.9 Å². The molecule has 0 fully saturated rings. The molecule has 0 spiro atoms. The molecule has 0 aliphatic carbocycles. The van der Waals surface area contributed by atoms with Gasteiger partial charge in [0.25, 0.3) is 0 Å². The van der Waals surface area contributed by atoms with E-state index < -0.39 is 10.0 Å². The Hall–Kier alpha value is -1.09. The summed E-state index contributed by atoms with van der Waals surface area (Å²) in [7, 11) is 2.40. The molecule has 1 rings (SSSR count). The zero-order chi connectivity index (χ0) is 12.5. The molecule has 0 heterocycles. The van der Waals surface area contributed by atoms with Crippen molar-refractivity contribution < 1.29 is 9.47 Å². The maximum atomic E-state index is 5.42. The van der Waals surface area contributed by atoms with Crippen LogP contribution in [0.4, 0.5) is 0 Å². The highest BCUT2D eigenvalue weighted by Gasteiger charge is 2.17. The first-order valence-electron chi connectivity index (χ1n) is 4.94. The maximum Gasteiger partial charge on any atom is 0.135 e. The minimum absolute atomic E-state index is 0.731. The molecule has 16 heavy (non-hydrogen) atoms. The first-order valence-corrected chi connectivity index (χ1v) is 7.80. The summed E-state index contributed by atoms with van der Waals surface area (Å²) in [5.74, 6) is 1.58. The van der Waals surface area contributed by atoms with Gasteiger partial charge in [0, 0.05) is 16.2 Å². The van der Waals surface area contributed by atoms with Gasteiger partial charge in [-0.25, -0.2) is 10.0 Å². The maximum absolute atomic E-state index is 5.42. The Bertz CT molecular complexity index is 486. The molecule has 0 amide bonds. The van der Waals surface area contributed by atoms with E-state index >= 15 is 0 Å². The van der Waals surface area contributed by atoms with Crippen LogP contribution in [-0.2, 0) is 0 Å². The fraction of sp³-hybridized carbons (Fsp3) is 0.385. The van der Waals surface area contributed by atoms with Crippen molar-refractivity contribution in [3.63, 3.8) is 0 Å². The molecule has 2 nitrogen and oxygen atoms in total. The minimum Gasteiger partial charge on any atom is -0.496 e. The van der Waals surface area contributed by atoms with Gasteiger partial charge in [-0.15, -0.1) is 0 Å². The van der Waals surface area contributed by atoms with E-state index in [-0.39, 0.29) is 0 Å². The third-order valence-electron chi connectivity index (χ3n) is 2.47. The average Bonchev–Trinajstić information content (AvgIpc) is 2.19. The monoisotopic (exact) mass is 240 g/mol. The van der Waals surface area contributed by atoms with E-state index in [1.54, 1.807) is 14.2 Å². The quantitative estimate of drug-likeness (QED) is 0.798. The van der Waals surface area contributed by atoms with Crippen molar-refractivity contribution in [1.29, 1.82) is 0 Å². The largest absolute Gasteiger partial charge is 0.496 e. The lowest BCUT2D eigenvalue weighted by molar-refractivity contribution is 0.384.